The minimum atomic E-state index is -0.905. The molecule has 0 radical (unpaired) electrons. The highest BCUT2D eigenvalue weighted by atomic mass is 79.9. The molecule has 0 aromatic heterocycles. The van der Waals surface area contributed by atoms with Gasteiger partial charge in [-0.15, -0.1) is 0 Å². The number of amides is 1. The first-order valence-electron chi connectivity index (χ1n) is 6.24. The fourth-order valence-corrected chi connectivity index (χ4v) is 2.60. The van der Waals surface area contributed by atoms with Crippen LogP contribution in [0.4, 0.5) is 11.4 Å². The number of nitrogens with zero attached hydrogens (tertiary/aromatic N) is 1. The summed E-state index contributed by atoms with van der Waals surface area (Å²) in [7, 11) is 0. The highest BCUT2D eigenvalue weighted by Gasteiger charge is 2.42. The van der Waals surface area contributed by atoms with Gasteiger partial charge in [0.25, 0.3) is 5.69 Å². The number of nitro benzene ring substituents is 1. The molecule has 0 spiro atoms. The zero-order valence-corrected chi connectivity index (χ0v) is 13.3. The number of fused-ring (bicyclic) bond motifs is 1. The molecule has 2 atom stereocenters. The van der Waals surface area contributed by atoms with Gasteiger partial charge in [0.15, 0.2) is 0 Å². The molecule has 1 amide bonds. The number of hydrogen-bond donors (Lipinski definition) is 2. The first-order valence-corrected chi connectivity index (χ1v) is 7.16. The van der Waals surface area contributed by atoms with Crippen LogP contribution in [0, 0.1) is 10.1 Å². The van der Waals surface area contributed by atoms with Crippen LogP contribution < -0.4 is 10.1 Å². The van der Waals surface area contributed by atoms with E-state index in [-0.39, 0.29) is 22.0 Å². The topological polar surface area (TPSA) is 102 Å². The second-order valence-corrected chi connectivity index (χ2v) is 6.38. The molecule has 0 unspecified atom stereocenters. The highest BCUT2D eigenvalue weighted by Crippen LogP contribution is 2.46. The Morgan fingerprint density at radius 1 is 1.52 bits per heavy atom. The lowest BCUT2D eigenvalue weighted by Crippen LogP contribution is -2.45. The lowest BCUT2D eigenvalue weighted by atomic mass is 9.91. The van der Waals surface area contributed by atoms with Crippen molar-refractivity contribution in [3.8, 4) is 5.75 Å². The fraction of sp³-hybridized carbons (Fsp3) is 0.462. The molecule has 2 rings (SSSR count). The van der Waals surface area contributed by atoms with Crippen LogP contribution in [-0.4, -0.2) is 26.4 Å². The third kappa shape index (κ3) is 2.86. The van der Waals surface area contributed by atoms with Crippen molar-refractivity contribution in [1.29, 1.82) is 0 Å². The Labute approximate surface area is 129 Å². The van der Waals surface area contributed by atoms with E-state index in [2.05, 4.69) is 21.2 Å². The average Bonchev–Trinajstić information content (AvgIpc) is 2.35. The fourth-order valence-electron chi connectivity index (χ4n) is 2.22. The van der Waals surface area contributed by atoms with Gasteiger partial charge >= 0.3 is 0 Å². The van der Waals surface area contributed by atoms with Gasteiger partial charge in [-0.2, -0.15) is 0 Å². The van der Waals surface area contributed by atoms with E-state index in [0.29, 0.717) is 5.56 Å². The zero-order chi connectivity index (χ0) is 15.9. The van der Waals surface area contributed by atoms with Crippen molar-refractivity contribution in [2.75, 3.05) is 5.32 Å². The normalized spacial score (nSPS) is 22.9. The number of halogens is 1. The minimum Gasteiger partial charge on any atom is -0.486 e. The number of nitro groups is 1. The third-order valence-electron chi connectivity index (χ3n) is 3.27. The maximum Gasteiger partial charge on any atom is 0.296 e. The molecule has 0 fully saturated rings. The van der Waals surface area contributed by atoms with E-state index in [9.17, 15) is 20.0 Å². The molecule has 7 nitrogen and oxygen atoms in total. The molecular formula is C13H15BrN2O5. The Balaban J connectivity index is 2.59. The van der Waals surface area contributed by atoms with E-state index in [1.165, 1.54) is 19.1 Å². The van der Waals surface area contributed by atoms with Gasteiger partial charge in [-0.05, 0) is 19.9 Å². The molecule has 1 aromatic rings. The summed E-state index contributed by atoms with van der Waals surface area (Å²) in [5.41, 5.74) is -0.575. The van der Waals surface area contributed by atoms with Crippen molar-refractivity contribution in [2.45, 2.75) is 37.3 Å². The summed E-state index contributed by atoms with van der Waals surface area (Å²) in [4.78, 5) is 21.3. The van der Waals surface area contributed by atoms with Crippen LogP contribution in [0.2, 0.25) is 0 Å². The van der Waals surface area contributed by atoms with E-state index in [1.807, 2.05) is 0 Å². The molecule has 114 valence electrons. The monoisotopic (exact) mass is 358 g/mol. The van der Waals surface area contributed by atoms with Crippen molar-refractivity contribution < 1.29 is 19.6 Å². The Morgan fingerprint density at radius 2 is 2.14 bits per heavy atom. The van der Waals surface area contributed by atoms with E-state index >= 15 is 0 Å². The van der Waals surface area contributed by atoms with Crippen molar-refractivity contribution in [1.82, 2.24) is 0 Å². The van der Waals surface area contributed by atoms with Gasteiger partial charge in [0, 0.05) is 12.5 Å². The maximum absolute atomic E-state index is 11.2. The molecule has 1 aliphatic heterocycles. The van der Waals surface area contributed by atoms with Crippen LogP contribution in [0.15, 0.2) is 12.1 Å². The second kappa shape index (κ2) is 5.27. The first-order chi connectivity index (χ1) is 9.63. The summed E-state index contributed by atoms with van der Waals surface area (Å²) in [5.74, 6) is -0.191. The van der Waals surface area contributed by atoms with Crippen molar-refractivity contribution in [2.24, 2.45) is 0 Å². The number of ether oxygens (including phenoxy) is 1. The Bertz CT molecular complexity index is 617. The van der Waals surface area contributed by atoms with Crippen molar-refractivity contribution >= 4 is 33.2 Å². The number of anilines is 1. The number of hydrogen-bond acceptors (Lipinski definition) is 5. The molecule has 1 heterocycles. The maximum atomic E-state index is 11.2. The summed E-state index contributed by atoms with van der Waals surface area (Å²) < 4.78 is 5.73. The van der Waals surface area contributed by atoms with Crippen LogP contribution >= 0.6 is 15.9 Å². The zero-order valence-electron chi connectivity index (χ0n) is 11.7. The molecule has 0 bridgehead atoms. The van der Waals surface area contributed by atoms with E-state index in [0.717, 1.165) is 0 Å². The van der Waals surface area contributed by atoms with Gasteiger partial charge in [0.1, 0.15) is 17.0 Å². The molecule has 8 heteroatoms. The summed E-state index contributed by atoms with van der Waals surface area (Å²) in [6.45, 7) is 4.80. The molecule has 0 aliphatic carbocycles. The van der Waals surface area contributed by atoms with Crippen LogP contribution in [0.1, 0.15) is 32.4 Å². The van der Waals surface area contributed by atoms with Gasteiger partial charge < -0.3 is 15.2 Å². The number of nitrogens with one attached hydrogen (secondary N) is 1. The van der Waals surface area contributed by atoms with Crippen LogP contribution in [0.25, 0.3) is 0 Å². The smallest absolute Gasteiger partial charge is 0.296 e. The molecule has 0 saturated carbocycles. The van der Waals surface area contributed by atoms with Crippen molar-refractivity contribution in [3.63, 3.8) is 0 Å². The standard InChI is InChI=1S/C13H15BrN2O5/c1-6(17)15-8-4-7-10(5-9(8)16(19)20)21-13(2,3)12(14)11(7)18/h4-5,11-12,18H,1-3H3,(H,15,17)/t11-,12+/m0/s1. The number of benzene rings is 1. The summed E-state index contributed by atoms with van der Waals surface area (Å²) in [5, 5.41) is 23.9. The number of carbonyl (C=O) groups is 1. The molecule has 2 N–H and O–H groups in total. The third-order valence-corrected chi connectivity index (χ3v) is 4.87. The number of carbonyl (C=O) groups excluding carboxylic acids is 1. The molecule has 0 saturated heterocycles. The molecule has 1 aromatic carbocycles. The van der Waals surface area contributed by atoms with Crippen LogP contribution in [0.5, 0.6) is 5.75 Å². The van der Waals surface area contributed by atoms with Crippen LogP contribution in [-0.2, 0) is 4.79 Å². The number of aliphatic hydroxyl groups excluding tert-OH is 1. The minimum absolute atomic E-state index is 0.0355. The molecule has 21 heavy (non-hydrogen) atoms. The van der Waals surface area contributed by atoms with Crippen LogP contribution in [0.3, 0.4) is 0 Å². The van der Waals surface area contributed by atoms with Gasteiger partial charge in [-0.3, -0.25) is 14.9 Å². The summed E-state index contributed by atoms with van der Waals surface area (Å²) in [6.07, 6.45) is -0.905. The van der Waals surface area contributed by atoms with Gasteiger partial charge in [-0.25, -0.2) is 0 Å². The molecule has 1 aliphatic rings. The van der Waals surface area contributed by atoms with Gasteiger partial charge in [0.05, 0.1) is 21.9 Å². The van der Waals surface area contributed by atoms with E-state index < -0.39 is 22.5 Å². The Kier molecular flexibility index (Phi) is 3.94. The SMILES string of the molecule is CC(=O)Nc1cc2c(cc1[N+](=O)[O-])OC(C)(C)[C@H](Br)[C@H]2O. The number of alkyl halides is 1. The Hall–Kier alpha value is -1.67. The molecular weight excluding hydrogens is 344 g/mol. The first kappa shape index (κ1) is 15.7. The average molecular weight is 359 g/mol. The summed E-state index contributed by atoms with van der Waals surface area (Å²) in [6, 6.07) is 2.60. The highest BCUT2D eigenvalue weighted by molar-refractivity contribution is 9.09. The largest absolute Gasteiger partial charge is 0.486 e. The Morgan fingerprint density at radius 3 is 2.67 bits per heavy atom. The number of aliphatic hydroxyl groups is 1. The number of rotatable bonds is 2. The quantitative estimate of drug-likeness (QED) is 0.480. The predicted octanol–water partition coefficient (Wildman–Crippen LogP) is 2.52. The lowest BCUT2D eigenvalue weighted by molar-refractivity contribution is -0.384. The lowest BCUT2D eigenvalue weighted by Gasteiger charge is -2.40. The van der Waals surface area contributed by atoms with Crippen molar-refractivity contribution in [3.05, 3.63) is 27.8 Å². The predicted molar refractivity (Wildman–Crippen MR) is 79.8 cm³/mol. The summed E-state index contributed by atoms with van der Waals surface area (Å²) >= 11 is 3.37. The van der Waals surface area contributed by atoms with Gasteiger partial charge in [0.2, 0.25) is 5.91 Å². The second-order valence-electron chi connectivity index (χ2n) is 5.40. The van der Waals surface area contributed by atoms with E-state index in [1.54, 1.807) is 13.8 Å². The van der Waals surface area contributed by atoms with E-state index in [4.69, 9.17) is 4.74 Å². The van der Waals surface area contributed by atoms with Gasteiger partial charge in [-0.1, -0.05) is 15.9 Å².